The fraction of sp³-hybridized carbons (Fsp3) is 0.125. The zero-order valence-electron chi connectivity index (χ0n) is 18.3. The molecule has 1 amide bonds. The van der Waals surface area contributed by atoms with E-state index in [2.05, 4.69) is 21.6 Å². The number of carbonyl (C=O) groups is 1. The van der Waals surface area contributed by atoms with E-state index in [1.54, 1.807) is 41.1 Å². The maximum absolute atomic E-state index is 12.8. The van der Waals surface area contributed by atoms with Gasteiger partial charge in [0.05, 0.1) is 19.0 Å². The van der Waals surface area contributed by atoms with E-state index in [0.717, 1.165) is 0 Å². The molecule has 0 aliphatic rings. The summed E-state index contributed by atoms with van der Waals surface area (Å²) in [6, 6.07) is 15.6. The fourth-order valence-electron chi connectivity index (χ4n) is 3.57. The first-order valence-corrected chi connectivity index (χ1v) is 10.2. The van der Waals surface area contributed by atoms with E-state index in [1.165, 1.54) is 24.4 Å². The lowest BCUT2D eigenvalue weighted by Gasteiger charge is -2.22. The van der Waals surface area contributed by atoms with Gasteiger partial charge in [-0.25, -0.2) is 14.6 Å². The van der Waals surface area contributed by atoms with E-state index in [4.69, 9.17) is 10.5 Å². The number of phenolic OH excluding ortho intramolecular Hbond substituents is 1. The van der Waals surface area contributed by atoms with Crippen molar-refractivity contribution in [3.8, 4) is 28.8 Å². The van der Waals surface area contributed by atoms with Crippen LogP contribution in [0, 0.1) is 11.3 Å². The lowest BCUT2D eigenvalue weighted by molar-refractivity contribution is -0.114. The third-order valence-corrected chi connectivity index (χ3v) is 5.25. The molecule has 0 aliphatic heterocycles. The molecule has 2 aromatic carbocycles. The minimum absolute atomic E-state index is 0.00560. The van der Waals surface area contributed by atoms with Crippen LogP contribution in [0.25, 0.3) is 22.3 Å². The predicted molar refractivity (Wildman–Crippen MR) is 127 cm³/mol. The standard InChI is InChI=1S/C24H21N7O3/c1-15(13-25)24(33)30(17-6-4-3-5-7-17)10-11-31-23-20(22(26)27-14-28-23)21(29-31)16-8-9-18(32)19(12-16)34-2/h3-9,12,14,32H,1,10-11H2,2H3,(H2,26,27,28). The Morgan fingerprint density at radius 2 is 2.03 bits per heavy atom. The molecule has 4 rings (SSSR count). The number of hydrogen-bond acceptors (Lipinski definition) is 8. The van der Waals surface area contributed by atoms with Gasteiger partial charge in [-0.3, -0.25) is 4.79 Å². The number of ether oxygens (including phenoxy) is 1. The predicted octanol–water partition coefficient (Wildman–Crippen LogP) is 2.90. The molecular formula is C24H21N7O3. The number of fused-ring (bicyclic) bond motifs is 1. The Morgan fingerprint density at radius 3 is 2.74 bits per heavy atom. The van der Waals surface area contributed by atoms with Crippen LogP contribution in [0.4, 0.5) is 11.5 Å². The van der Waals surface area contributed by atoms with E-state index in [1.807, 2.05) is 12.1 Å². The minimum atomic E-state index is -0.497. The van der Waals surface area contributed by atoms with Gasteiger partial charge in [0, 0.05) is 17.8 Å². The normalized spacial score (nSPS) is 10.6. The van der Waals surface area contributed by atoms with Gasteiger partial charge in [-0.1, -0.05) is 24.8 Å². The molecule has 0 bridgehead atoms. The molecule has 4 aromatic rings. The number of para-hydroxylation sites is 1. The highest BCUT2D eigenvalue weighted by molar-refractivity contribution is 6.07. The smallest absolute Gasteiger partial charge is 0.268 e. The topological polar surface area (TPSA) is 143 Å². The lowest BCUT2D eigenvalue weighted by atomic mass is 10.1. The summed E-state index contributed by atoms with van der Waals surface area (Å²) in [5, 5.41) is 24.4. The van der Waals surface area contributed by atoms with Crippen LogP contribution < -0.4 is 15.4 Å². The molecule has 2 aromatic heterocycles. The summed E-state index contributed by atoms with van der Waals surface area (Å²) < 4.78 is 6.84. The molecule has 10 nitrogen and oxygen atoms in total. The molecule has 0 unspecified atom stereocenters. The van der Waals surface area contributed by atoms with Crippen LogP contribution in [-0.4, -0.2) is 44.4 Å². The van der Waals surface area contributed by atoms with Gasteiger partial charge in [-0.05, 0) is 30.3 Å². The van der Waals surface area contributed by atoms with Crippen molar-refractivity contribution in [1.29, 1.82) is 5.26 Å². The van der Waals surface area contributed by atoms with Gasteiger partial charge < -0.3 is 20.5 Å². The van der Waals surface area contributed by atoms with Crippen molar-refractivity contribution in [3.63, 3.8) is 0 Å². The summed E-state index contributed by atoms with van der Waals surface area (Å²) in [5.74, 6) is 0.0235. The summed E-state index contributed by atoms with van der Waals surface area (Å²) in [5.41, 5.74) is 8.25. The molecule has 2 heterocycles. The van der Waals surface area contributed by atoms with Crippen LogP contribution in [-0.2, 0) is 11.3 Å². The third-order valence-electron chi connectivity index (χ3n) is 5.25. The zero-order valence-corrected chi connectivity index (χ0v) is 18.3. The number of anilines is 2. The average molecular weight is 455 g/mol. The van der Waals surface area contributed by atoms with Crippen molar-refractivity contribution >= 4 is 28.4 Å². The summed E-state index contributed by atoms with van der Waals surface area (Å²) in [6.45, 7) is 4.01. The molecule has 10 heteroatoms. The van der Waals surface area contributed by atoms with E-state index in [9.17, 15) is 15.2 Å². The number of hydrogen-bond donors (Lipinski definition) is 2. The molecule has 0 spiro atoms. The number of nitrogens with zero attached hydrogens (tertiary/aromatic N) is 6. The molecule has 0 saturated heterocycles. The van der Waals surface area contributed by atoms with Crippen molar-refractivity contribution in [2.45, 2.75) is 6.54 Å². The second-order valence-electron chi connectivity index (χ2n) is 7.30. The summed E-state index contributed by atoms with van der Waals surface area (Å²) in [7, 11) is 1.46. The molecule has 0 atom stereocenters. The second-order valence-corrected chi connectivity index (χ2v) is 7.30. The molecule has 34 heavy (non-hydrogen) atoms. The minimum Gasteiger partial charge on any atom is -0.504 e. The maximum atomic E-state index is 12.8. The Morgan fingerprint density at radius 1 is 1.26 bits per heavy atom. The maximum Gasteiger partial charge on any atom is 0.268 e. The number of carbonyl (C=O) groups excluding carboxylic acids is 1. The van der Waals surface area contributed by atoms with Gasteiger partial charge in [0.25, 0.3) is 5.91 Å². The Hall–Kier alpha value is -4.91. The van der Waals surface area contributed by atoms with Crippen LogP contribution >= 0.6 is 0 Å². The van der Waals surface area contributed by atoms with Gasteiger partial charge in [-0.15, -0.1) is 0 Å². The second kappa shape index (κ2) is 9.30. The Labute approximate surface area is 195 Å². The number of benzene rings is 2. The Balaban J connectivity index is 1.75. The van der Waals surface area contributed by atoms with Crippen molar-refractivity contribution in [3.05, 3.63) is 67.0 Å². The quantitative estimate of drug-likeness (QED) is 0.320. The molecule has 0 fully saturated rings. The average Bonchev–Trinajstić information content (AvgIpc) is 3.24. The zero-order chi connectivity index (χ0) is 24.2. The first-order chi connectivity index (χ1) is 16.4. The van der Waals surface area contributed by atoms with Gasteiger partial charge >= 0.3 is 0 Å². The van der Waals surface area contributed by atoms with Crippen molar-refractivity contribution in [2.24, 2.45) is 0 Å². The van der Waals surface area contributed by atoms with Crippen LogP contribution in [0.15, 0.2) is 67.0 Å². The SMILES string of the molecule is C=C(C#N)C(=O)N(CCn1nc(-c2ccc(O)c(OC)c2)c2c(N)ncnc21)c1ccccc1. The van der Waals surface area contributed by atoms with Crippen LogP contribution in [0.5, 0.6) is 11.5 Å². The van der Waals surface area contributed by atoms with Gasteiger partial charge in [0.15, 0.2) is 17.1 Å². The molecule has 170 valence electrons. The summed E-state index contributed by atoms with van der Waals surface area (Å²) >= 11 is 0. The number of methoxy groups -OCH3 is 1. The monoisotopic (exact) mass is 455 g/mol. The summed E-state index contributed by atoms with van der Waals surface area (Å²) in [4.78, 5) is 22.7. The molecule has 0 aliphatic carbocycles. The number of phenols is 1. The highest BCUT2D eigenvalue weighted by Crippen LogP contribution is 2.35. The molecular weight excluding hydrogens is 434 g/mol. The number of amides is 1. The number of aromatic hydroxyl groups is 1. The van der Waals surface area contributed by atoms with E-state index in [-0.39, 0.29) is 36.0 Å². The van der Waals surface area contributed by atoms with E-state index in [0.29, 0.717) is 28.0 Å². The number of nitrogen functional groups attached to an aromatic ring is 1. The number of rotatable bonds is 7. The van der Waals surface area contributed by atoms with E-state index >= 15 is 0 Å². The fourth-order valence-corrected chi connectivity index (χ4v) is 3.57. The van der Waals surface area contributed by atoms with E-state index < -0.39 is 5.91 Å². The molecule has 0 saturated carbocycles. The first kappa shape index (κ1) is 22.3. The number of nitriles is 1. The van der Waals surface area contributed by atoms with Crippen molar-refractivity contribution in [1.82, 2.24) is 19.7 Å². The van der Waals surface area contributed by atoms with Crippen LogP contribution in [0.1, 0.15) is 0 Å². The summed E-state index contributed by atoms with van der Waals surface area (Å²) in [6.07, 6.45) is 1.34. The highest BCUT2D eigenvalue weighted by atomic mass is 16.5. The largest absolute Gasteiger partial charge is 0.504 e. The Kier molecular flexibility index (Phi) is 6.09. The van der Waals surface area contributed by atoms with Crippen molar-refractivity contribution < 1.29 is 14.6 Å². The molecule has 0 radical (unpaired) electrons. The number of aromatic nitrogens is 4. The van der Waals surface area contributed by atoms with Gasteiger partial charge in [-0.2, -0.15) is 10.4 Å². The Bertz CT molecular complexity index is 1420. The number of nitrogens with two attached hydrogens (primary N) is 1. The lowest BCUT2D eigenvalue weighted by Crippen LogP contribution is -2.34. The first-order valence-electron chi connectivity index (χ1n) is 10.2. The van der Waals surface area contributed by atoms with Gasteiger partial charge in [0.2, 0.25) is 0 Å². The van der Waals surface area contributed by atoms with Gasteiger partial charge in [0.1, 0.15) is 29.5 Å². The van der Waals surface area contributed by atoms with Crippen LogP contribution in [0.2, 0.25) is 0 Å². The van der Waals surface area contributed by atoms with Crippen LogP contribution in [0.3, 0.4) is 0 Å². The molecule has 3 N–H and O–H groups in total. The van der Waals surface area contributed by atoms with Crippen molar-refractivity contribution in [2.75, 3.05) is 24.3 Å². The third kappa shape index (κ3) is 4.10. The highest BCUT2D eigenvalue weighted by Gasteiger charge is 2.22.